The second-order valence-electron chi connectivity index (χ2n) is 5.11. The molecule has 0 fully saturated rings. The minimum Gasteiger partial charge on any atom is -0.497 e. The van der Waals surface area contributed by atoms with Crippen LogP contribution in [0.3, 0.4) is 0 Å². The molecule has 2 aromatic rings. The van der Waals surface area contributed by atoms with E-state index in [0.29, 0.717) is 6.54 Å². The molecule has 2 N–H and O–H groups in total. The molecule has 110 valence electrons. The summed E-state index contributed by atoms with van der Waals surface area (Å²) in [4.78, 5) is 2.30. The minimum absolute atomic E-state index is 0.169. The number of benzene rings is 2. The van der Waals surface area contributed by atoms with Gasteiger partial charge in [0.1, 0.15) is 11.5 Å². The van der Waals surface area contributed by atoms with Gasteiger partial charge in [0.25, 0.3) is 0 Å². The molecule has 21 heavy (non-hydrogen) atoms. The fourth-order valence-electron chi connectivity index (χ4n) is 3.02. The van der Waals surface area contributed by atoms with E-state index in [4.69, 9.17) is 15.2 Å². The van der Waals surface area contributed by atoms with Gasteiger partial charge in [-0.1, -0.05) is 18.2 Å². The van der Waals surface area contributed by atoms with E-state index in [1.807, 2.05) is 30.3 Å². The first-order valence-electron chi connectivity index (χ1n) is 7.05. The highest BCUT2D eigenvalue weighted by Gasteiger charge is 2.31. The van der Waals surface area contributed by atoms with Crippen LogP contribution in [0.15, 0.2) is 42.5 Å². The quantitative estimate of drug-likeness (QED) is 0.938. The van der Waals surface area contributed by atoms with Crippen LogP contribution in [0.2, 0.25) is 0 Å². The smallest absolute Gasteiger partial charge is 0.124 e. The van der Waals surface area contributed by atoms with Crippen molar-refractivity contribution in [2.45, 2.75) is 12.6 Å². The van der Waals surface area contributed by atoms with E-state index in [9.17, 15) is 0 Å². The highest BCUT2D eigenvalue weighted by atomic mass is 16.5. The number of nitrogens with zero attached hydrogens (tertiary/aromatic N) is 1. The van der Waals surface area contributed by atoms with Crippen molar-refractivity contribution >= 4 is 5.69 Å². The van der Waals surface area contributed by atoms with E-state index in [1.165, 1.54) is 11.1 Å². The molecule has 1 aliphatic heterocycles. The molecule has 1 atom stereocenters. The van der Waals surface area contributed by atoms with Gasteiger partial charge in [0.05, 0.1) is 20.3 Å². The fourth-order valence-corrected chi connectivity index (χ4v) is 3.02. The van der Waals surface area contributed by atoms with Crippen molar-refractivity contribution in [2.75, 3.05) is 25.7 Å². The van der Waals surface area contributed by atoms with Crippen LogP contribution in [0.4, 0.5) is 5.69 Å². The zero-order valence-corrected chi connectivity index (χ0v) is 12.4. The number of hydrogen-bond acceptors (Lipinski definition) is 4. The number of methoxy groups -OCH3 is 2. The lowest BCUT2D eigenvalue weighted by Crippen LogP contribution is -2.27. The number of nitrogens with two attached hydrogens (primary N) is 1. The van der Waals surface area contributed by atoms with E-state index in [1.54, 1.807) is 14.2 Å². The summed E-state index contributed by atoms with van der Waals surface area (Å²) < 4.78 is 10.8. The molecule has 0 saturated heterocycles. The van der Waals surface area contributed by atoms with Crippen LogP contribution in [0.5, 0.6) is 11.5 Å². The Bertz CT molecular complexity index is 642. The molecule has 0 spiro atoms. The summed E-state index contributed by atoms with van der Waals surface area (Å²) in [5.41, 5.74) is 9.61. The van der Waals surface area contributed by atoms with Crippen molar-refractivity contribution in [1.82, 2.24) is 0 Å². The van der Waals surface area contributed by atoms with Crippen LogP contribution in [-0.4, -0.2) is 20.8 Å². The van der Waals surface area contributed by atoms with Crippen LogP contribution in [-0.2, 0) is 6.54 Å². The van der Waals surface area contributed by atoms with Gasteiger partial charge in [0, 0.05) is 30.4 Å². The summed E-state index contributed by atoms with van der Waals surface area (Å²) >= 11 is 0. The zero-order valence-electron chi connectivity index (χ0n) is 12.4. The molecule has 4 nitrogen and oxygen atoms in total. The van der Waals surface area contributed by atoms with Gasteiger partial charge >= 0.3 is 0 Å². The van der Waals surface area contributed by atoms with Gasteiger partial charge in [-0.3, -0.25) is 0 Å². The fraction of sp³-hybridized carbons (Fsp3) is 0.294. The van der Waals surface area contributed by atoms with Crippen LogP contribution in [0, 0.1) is 0 Å². The monoisotopic (exact) mass is 284 g/mol. The summed E-state index contributed by atoms with van der Waals surface area (Å²) in [6, 6.07) is 14.4. The predicted molar refractivity (Wildman–Crippen MR) is 84.0 cm³/mol. The maximum Gasteiger partial charge on any atom is 0.124 e. The SMILES string of the molecule is COc1cccc(N2Cc3c(OC)cccc3C2CN)c1. The second kappa shape index (κ2) is 5.66. The lowest BCUT2D eigenvalue weighted by molar-refractivity contribution is 0.410. The Labute approximate surface area is 125 Å². The van der Waals surface area contributed by atoms with E-state index in [-0.39, 0.29) is 6.04 Å². The summed E-state index contributed by atoms with van der Waals surface area (Å²) in [7, 11) is 3.39. The highest BCUT2D eigenvalue weighted by Crippen LogP contribution is 2.41. The molecular formula is C17H20N2O2. The molecule has 0 aromatic heterocycles. The molecule has 1 aliphatic rings. The molecule has 3 rings (SSSR count). The summed E-state index contributed by atoms with van der Waals surface area (Å²) in [6.07, 6.45) is 0. The van der Waals surface area contributed by atoms with Crippen molar-refractivity contribution in [3.05, 3.63) is 53.6 Å². The van der Waals surface area contributed by atoms with Crippen molar-refractivity contribution in [2.24, 2.45) is 5.73 Å². The maximum absolute atomic E-state index is 6.02. The molecule has 0 amide bonds. The Kier molecular flexibility index (Phi) is 3.71. The summed E-state index contributed by atoms with van der Waals surface area (Å²) in [6.45, 7) is 1.37. The average molecular weight is 284 g/mol. The maximum atomic E-state index is 6.02. The van der Waals surface area contributed by atoms with Crippen molar-refractivity contribution in [3.63, 3.8) is 0 Å². The van der Waals surface area contributed by atoms with E-state index in [2.05, 4.69) is 17.0 Å². The van der Waals surface area contributed by atoms with E-state index in [0.717, 1.165) is 23.7 Å². The first-order valence-corrected chi connectivity index (χ1v) is 7.05. The highest BCUT2D eigenvalue weighted by molar-refractivity contribution is 5.59. The van der Waals surface area contributed by atoms with Gasteiger partial charge in [-0.2, -0.15) is 0 Å². The van der Waals surface area contributed by atoms with E-state index < -0.39 is 0 Å². The molecule has 1 unspecified atom stereocenters. The molecule has 0 aliphatic carbocycles. The van der Waals surface area contributed by atoms with Gasteiger partial charge < -0.3 is 20.1 Å². The minimum atomic E-state index is 0.169. The molecule has 0 saturated carbocycles. The van der Waals surface area contributed by atoms with Gasteiger partial charge in [0.2, 0.25) is 0 Å². The zero-order chi connectivity index (χ0) is 14.8. The first-order chi connectivity index (χ1) is 10.3. The Morgan fingerprint density at radius 1 is 1.14 bits per heavy atom. The third-order valence-corrected chi connectivity index (χ3v) is 4.06. The third-order valence-electron chi connectivity index (χ3n) is 4.06. The van der Waals surface area contributed by atoms with Gasteiger partial charge in [-0.25, -0.2) is 0 Å². The largest absolute Gasteiger partial charge is 0.497 e. The molecule has 4 heteroatoms. The summed E-state index contributed by atoms with van der Waals surface area (Å²) in [5.74, 6) is 1.78. The lowest BCUT2D eigenvalue weighted by Gasteiger charge is -2.26. The van der Waals surface area contributed by atoms with Gasteiger partial charge in [0.15, 0.2) is 0 Å². The Morgan fingerprint density at radius 3 is 2.67 bits per heavy atom. The molecule has 0 radical (unpaired) electrons. The van der Waals surface area contributed by atoms with Crippen molar-refractivity contribution in [1.29, 1.82) is 0 Å². The van der Waals surface area contributed by atoms with Crippen LogP contribution < -0.4 is 20.1 Å². The standard InChI is InChI=1S/C17H20N2O2/c1-20-13-6-3-5-12(9-13)19-11-15-14(16(19)10-18)7-4-8-17(15)21-2/h3-9,16H,10-11,18H2,1-2H3. The van der Waals surface area contributed by atoms with E-state index >= 15 is 0 Å². The third kappa shape index (κ3) is 2.32. The Hall–Kier alpha value is -2.20. The number of ether oxygens (including phenoxy) is 2. The first kappa shape index (κ1) is 13.8. The lowest BCUT2D eigenvalue weighted by atomic mass is 10.0. The average Bonchev–Trinajstić information content (AvgIpc) is 2.93. The van der Waals surface area contributed by atoms with Gasteiger partial charge in [-0.05, 0) is 23.8 Å². The van der Waals surface area contributed by atoms with Crippen molar-refractivity contribution in [3.8, 4) is 11.5 Å². The normalized spacial score (nSPS) is 16.7. The Morgan fingerprint density at radius 2 is 1.95 bits per heavy atom. The topological polar surface area (TPSA) is 47.7 Å². The molecule has 1 heterocycles. The predicted octanol–water partition coefficient (Wildman–Crippen LogP) is 2.72. The Balaban J connectivity index is 2.02. The molecule has 2 aromatic carbocycles. The van der Waals surface area contributed by atoms with Crippen LogP contribution >= 0.6 is 0 Å². The number of hydrogen-bond donors (Lipinski definition) is 1. The number of rotatable bonds is 4. The number of fused-ring (bicyclic) bond motifs is 1. The van der Waals surface area contributed by atoms with Crippen LogP contribution in [0.1, 0.15) is 17.2 Å². The molecular weight excluding hydrogens is 264 g/mol. The molecule has 0 bridgehead atoms. The van der Waals surface area contributed by atoms with Crippen LogP contribution in [0.25, 0.3) is 0 Å². The van der Waals surface area contributed by atoms with Gasteiger partial charge in [-0.15, -0.1) is 0 Å². The van der Waals surface area contributed by atoms with Crippen molar-refractivity contribution < 1.29 is 9.47 Å². The second-order valence-corrected chi connectivity index (χ2v) is 5.11. The summed E-state index contributed by atoms with van der Waals surface area (Å²) in [5, 5.41) is 0. The number of anilines is 1.